The van der Waals surface area contributed by atoms with Gasteiger partial charge < -0.3 is 5.43 Å². The molecule has 94 valence electrons. The Labute approximate surface area is 114 Å². The van der Waals surface area contributed by atoms with Crippen molar-refractivity contribution >= 4 is 23.1 Å². The summed E-state index contributed by atoms with van der Waals surface area (Å²) in [6.45, 7) is 0. The van der Waals surface area contributed by atoms with Gasteiger partial charge in [-0.25, -0.2) is 4.68 Å². The Hall–Kier alpha value is -1.01. The van der Waals surface area contributed by atoms with E-state index in [1.165, 1.54) is 30.6 Å². The minimum atomic E-state index is 0.575. The van der Waals surface area contributed by atoms with Crippen molar-refractivity contribution in [3.8, 4) is 10.7 Å². The smallest absolute Gasteiger partial charge is 0.210 e. The number of aromatic nitrogens is 3. The van der Waals surface area contributed by atoms with Crippen LogP contribution in [0.25, 0.3) is 10.7 Å². The highest BCUT2D eigenvalue weighted by atomic mass is 32.2. The molecule has 0 spiro atoms. The van der Waals surface area contributed by atoms with Crippen LogP contribution in [0.3, 0.4) is 0 Å². The van der Waals surface area contributed by atoms with Crippen LogP contribution in [0.15, 0.2) is 22.7 Å². The van der Waals surface area contributed by atoms with Crippen LogP contribution in [0.2, 0.25) is 0 Å². The number of nitrogens with zero attached hydrogens (tertiary/aromatic N) is 3. The lowest BCUT2D eigenvalue weighted by molar-refractivity contribution is 0.433. The monoisotopic (exact) mass is 278 g/mol. The van der Waals surface area contributed by atoms with Gasteiger partial charge in [-0.3, -0.25) is 0 Å². The first-order chi connectivity index (χ1) is 8.92. The highest BCUT2D eigenvalue weighted by Crippen LogP contribution is 2.38. The number of thioether (sulfide) groups is 1. The second-order valence-corrected chi connectivity index (χ2v) is 6.95. The Balaban J connectivity index is 1.72. The largest absolute Gasteiger partial charge is 0.318 e. The molecular formula is C12H14N4S2. The Morgan fingerprint density at radius 3 is 3.11 bits per heavy atom. The van der Waals surface area contributed by atoms with Crippen LogP contribution in [0, 0.1) is 0 Å². The van der Waals surface area contributed by atoms with E-state index in [2.05, 4.69) is 37.8 Å². The zero-order valence-electron chi connectivity index (χ0n) is 9.87. The summed E-state index contributed by atoms with van der Waals surface area (Å²) in [5, 5.41) is 12.4. The highest BCUT2D eigenvalue weighted by molar-refractivity contribution is 7.99. The molecule has 2 aromatic heterocycles. The summed E-state index contributed by atoms with van der Waals surface area (Å²) < 4.78 is 2.09. The lowest BCUT2D eigenvalue weighted by Gasteiger charge is -2.36. The first kappa shape index (κ1) is 10.9. The lowest BCUT2D eigenvalue weighted by Crippen LogP contribution is -2.42. The van der Waals surface area contributed by atoms with Crippen LogP contribution in [0.1, 0.15) is 25.7 Å². The molecule has 2 aliphatic rings. The Kier molecular flexibility index (Phi) is 2.58. The van der Waals surface area contributed by atoms with Crippen molar-refractivity contribution in [2.45, 2.75) is 42.1 Å². The second-order valence-electron chi connectivity index (χ2n) is 4.80. The molecule has 1 N–H and O–H groups in total. The number of nitrogens with one attached hydrogen (secondary N) is 1. The molecule has 1 fully saturated rings. The number of fused-ring (bicyclic) bond motifs is 2. The van der Waals surface area contributed by atoms with Gasteiger partial charge in [-0.05, 0) is 24.3 Å². The van der Waals surface area contributed by atoms with E-state index in [0.29, 0.717) is 11.3 Å². The molecule has 4 nitrogen and oxygen atoms in total. The summed E-state index contributed by atoms with van der Waals surface area (Å²) in [6, 6.07) is 4.73. The van der Waals surface area contributed by atoms with Crippen LogP contribution in [0.5, 0.6) is 0 Å². The molecule has 0 radical (unpaired) electrons. The minimum Gasteiger partial charge on any atom is -0.318 e. The average molecular weight is 278 g/mol. The van der Waals surface area contributed by atoms with Crippen LogP contribution in [-0.2, 0) is 0 Å². The maximum absolute atomic E-state index is 4.34. The molecule has 0 bridgehead atoms. The van der Waals surface area contributed by atoms with Crippen molar-refractivity contribution in [3.05, 3.63) is 17.5 Å². The molecule has 2 aromatic rings. The van der Waals surface area contributed by atoms with Gasteiger partial charge in [-0.1, -0.05) is 30.7 Å². The summed E-state index contributed by atoms with van der Waals surface area (Å²) in [6.07, 6.45) is 5.24. The van der Waals surface area contributed by atoms with Crippen molar-refractivity contribution in [3.63, 3.8) is 0 Å². The molecule has 1 saturated carbocycles. The van der Waals surface area contributed by atoms with E-state index in [1.807, 2.05) is 11.8 Å². The van der Waals surface area contributed by atoms with Gasteiger partial charge in [0.1, 0.15) is 0 Å². The van der Waals surface area contributed by atoms with Gasteiger partial charge >= 0.3 is 0 Å². The summed E-state index contributed by atoms with van der Waals surface area (Å²) in [7, 11) is 0. The van der Waals surface area contributed by atoms with E-state index in [-0.39, 0.29) is 0 Å². The molecule has 6 heteroatoms. The van der Waals surface area contributed by atoms with Gasteiger partial charge in [-0.15, -0.1) is 21.5 Å². The zero-order valence-corrected chi connectivity index (χ0v) is 11.5. The lowest BCUT2D eigenvalue weighted by atomic mass is 9.95. The van der Waals surface area contributed by atoms with Crippen molar-refractivity contribution in [2.75, 3.05) is 5.43 Å². The zero-order chi connectivity index (χ0) is 11.9. The summed E-state index contributed by atoms with van der Waals surface area (Å²) in [5.74, 6) is 0.955. The van der Waals surface area contributed by atoms with Gasteiger partial charge in [0.2, 0.25) is 5.16 Å². The topological polar surface area (TPSA) is 42.7 Å². The average Bonchev–Trinajstić information content (AvgIpc) is 3.04. The maximum Gasteiger partial charge on any atom is 0.210 e. The number of hydrogen-bond donors (Lipinski definition) is 1. The number of thiophene rings is 1. The first-order valence-corrected chi connectivity index (χ1v) is 8.10. The normalized spacial score (nSPS) is 26.2. The third-order valence-corrected chi connectivity index (χ3v) is 5.84. The van der Waals surface area contributed by atoms with E-state index in [4.69, 9.17) is 0 Å². The first-order valence-electron chi connectivity index (χ1n) is 6.34. The molecule has 1 aliphatic heterocycles. The van der Waals surface area contributed by atoms with Crippen LogP contribution in [0.4, 0.5) is 0 Å². The third kappa shape index (κ3) is 1.66. The van der Waals surface area contributed by atoms with Crippen molar-refractivity contribution in [1.29, 1.82) is 0 Å². The molecule has 1 aliphatic carbocycles. The van der Waals surface area contributed by atoms with Gasteiger partial charge in [-0.2, -0.15) is 0 Å². The quantitative estimate of drug-likeness (QED) is 0.871. The van der Waals surface area contributed by atoms with Crippen LogP contribution < -0.4 is 5.43 Å². The van der Waals surface area contributed by atoms with Crippen LogP contribution in [-0.4, -0.2) is 26.2 Å². The van der Waals surface area contributed by atoms with Gasteiger partial charge in [0, 0.05) is 5.25 Å². The Bertz CT molecular complexity index is 548. The van der Waals surface area contributed by atoms with E-state index in [9.17, 15) is 0 Å². The fraction of sp³-hybridized carbons (Fsp3) is 0.500. The van der Waals surface area contributed by atoms with Crippen molar-refractivity contribution in [1.82, 2.24) is 14.9 Å². The second kappa shape index (κ2) is 4.28. The summed E-state index contributed by atoms with van der Waals surface area (Å²) in [4.78, 5) is 1.18. The van der Waals surface area contributed by atoms with Gasteiger partial charge in [0.15, 0.2) is 5.82 Å². The molecular weight excluding hydrogens is 264 g/mol. The fourth-order valence-corrected chi connectivity index (χ4v) is 4.66. The van der Waals surface area contributed by atoms with Gasteiger partial charge in [0.05, 0.1) is 10.9 Å². The van der Waals surface area contributed by atoms with Crippen LogP contribution >= 0.6 is 23.1 Å². The third-order valence-electron chi connectivity index (χ3n) is 3.63. The molecule has 0 amide bonds. The molecule has 4 rings (SSSR count). The molecule has 2 atom stereocenters. The summed E-state index contributed by atoms with van der Waals surface area (Å²) in [5.41, 5.74) is 3.61. The standard InChI is InChI=1S/C12H14N4S2/c1-2-5-9-8(4-1)15-16-11(10-6-3-7-17-10)13-14-12(16)18-9/h3,6-9,15H,1-2,4-5H2. The molecule has 2 unspecified atom stereocenters. The predicted octanol–water partition coefficient (Wildman–Crippen LogP) is 2.97. The van der Waals surface area contributed by atoms with E-state index in [0.717, 1.165) is 11.0 Å². The molecule has 3 heterocycles. The number of hydrogen-bond acceptors (Lipinski definition) is 5. The van der Waals surface area contributed by atoms with E-state index < -0.39 is 0 Å². The highest BCUT2D eigenvalue weighted by Gasteiger charge is 2.33. The van der Waals surface area contributed by atoms with Gasteiger partial charge in [0.25, 0.3) is 0 Å². The number of rotatable bonds is 1. The molecule has 18 heavy (non-hydrogen) atoms. The van der Waals surface area contributed by atoms with Crippen molar-refractivity contribution in [2.24, 2.45) is 0 Å². The minimum absolute atomic E-state index is 0.575. The Morgan fingerprint density at radius 1 is 1.28 bits per heavy atom. The predicted molar refractivity (Wildman–Crippen MR) is 74.6 cm³/mol. The van der Waals surface area contributed by atoms with E-state index in [1.54, 1.807) is 11.3 Å². The molecule has 0 saturated heterocycles. The molecule has 0 aromatic carbocycles. The van der Waals surface area contributed by atoms with E-state index >= 15 is 0 Å². The Morgan fingerprint density at radius 2 is 2.22 bits per heavy atom. The fourth-order valence-electron chi connectivity index (χ4n) is 2.71. The maximum atomic E-state index is 4.34. The van der Waals surface area contributed by atoms with Crippen molar-refractivity contribution < 1.29 is 0 Å². The SMILES string of the molecule is c1csc(-c2nnc3n2NC2CCCCC2S3)c1. The summed E-state index contributed by atoms with van der Waals surface area (Å²) >= 11 is 3.60.